The van der Waals surface area contributed by atoms with E-state index in [2.05, 4.69) is 48.3 Å². The van der Waals surface area contributed by atoms with Gasteiger partial charge in [-0.15, -0.1) is 0 Å². The van der Waals surface area contributed by atoms with Gasteiger partial charge in [-0.25, -0.2) is 4.98 Å². The van der Waals surface area contributed by atoms with E-state index in [1.807, 2.05) is 18.2 Å². The van der Waals surface area contributed by atoms with Crippen LogP contribution >= 0.6 is 11.8 Å². The van der Waals surface area contributed by atoms with Gasteiger partial charge < -0.3 is 4.98 Å². The maximum atomic E-state index is 13.5. The molecule has 5 rings (SSSR count). The zero-order chi connectivity index (χ0) is 20.6. The fraction of sp³-hybridized carbons (Fsp3) is 0.385. The van der Waals surface area contributed by atoms with Crippen molar-refractivity contribution in [3.8, 4) is 11.3 Å². The van der Waals surface area contributed by atoms with Crippen LogP contribution in [0.15, 0.2) is 64.5 Å². The SMILES string of the molecule is CC1(C2CCCCC2)Cc2ccccc2-c2nc(SCc3ccccc3)[nH]c(=O)c21. The van der Waals surface area contributed by atoms with Crippen molar-refractivity contribution in [1.82, 2.24) is 9.97 Å². The van der Waals surface area contributed by atoms with Crippen molar-refractivity contribution in [3.63, 3.8) is 0 Å². The quantitative estimate of drug-likeness (QED) is 0.411. The summed E-state index contributed by atoms with van der Waals surface area (Å²) in [4.78, 5) is 21.6. The van der Waals surface area contributed by atoms with Crippen LogP contribution in [-0.2, 0) is 17.6 Å². The van der Waals surface area contributed by atoms with Crippen LogP contribution in [0.5, 0.6) is 0 Å². The fourth-order valence-corrected chi connectivity index (χ4v) is 6.27. The van der Waals surface area contributed by atoms with E-state index < -0.39 is 0 Å². The minimum absolute atomic E-state index is 0.0538. The van der Waals surface area contributed by atoms with Crippen molar-refractivity contribution < 1.29 is 0 Å². The predicted octanol–water partition coefficient (Wildman–Crippen LogP) is 6.12. The Morgan fingerprint density at radius 2 is 1.77 bits per heavy atom. The minimum Gasteiger partial charge on any atom is -0.301 e. The van der Waals surface area contributed by atoms with Gasteiger partial charge in [0.25, 0.3) is 5.56 Å². The smallest absolute Gasteiger partial charge is 0.255 e. The zero-order valence-electron chi connectivity index (χ0n) is 17.5. The van der Waals surface area contributed by atoms with Crippen molar-refractivity contribution in [3.05, 3.63) is 81.6 Å². The second kappa shape index (κ2) is 8.07. The first-order chi connectivity index (χ1) is 14.6. The molecule has 0 spiro atoms. The number of hydrogen-bond acceptors (Lipinski definition) is 3. The van der Waals surface area contributed by atoms with Gasteiger partial charge in [-0.2, -0.15) is 0 Å². The van der Waals surface area contributed by atoms with Crippen LogP contribution < -0.4 is 5.56 Å². The number of aromatic amines is 1. The molecule has 0 aliphatic heterocycles. The molecular weight excluding hydrogens is 388 g/mol. The lowest BCUT2D eigenvalue weighted by Crippen LogP contribution is -2.43. The van der Waals surface area contributed by atoms with Gasteiger partial charge >= 0.3 is 0 Å². The maximum Gasteiger partial charge on any atom is 0.255 e. The summed E-state index contributed by atoms with van der Waals surface area (Å²) >= 11 is 1.60. The highest BCUT2D eigenvalue weighted by Crippen LogP contribution is 2.48. The van der Waals surface area contributed by atoms with Gasteiger partial charge in [0.05, 0.1) is 11.3 Å². The molecule has 0 amide bonds. The summed E-state index contributed by atoms with van der Waals surface area (Å²) in [6.07, 6.45) is 7.22. The molecule has 3 aromatic rings. The van der Waals surface area contributed by atoms with Crippen molar-refractivity contribution in [1.29, 1.82) is 0 Å². The van der Waals surface area contributed by atoms with Crippen molar-refractivity contribution in [2.24, 2.45) is 5.92 Å². The van der Waals surface area contributed by atoms with E-state index in [1.165, 1.54) is 43.2 Å². The van der Waals surface area contributed by atoms with E-state index >= 15 is 0 Å². The summed E-state index contributed by atoms with van der Waals surface area (Å²) in [5.74, 6) is 1.34. The molecule has 0 radical (unpaired) electrons. The minimum atomic E-state index is -0.146. The lowest BCUT2D eigenvalue weighted by molar-refractivity contribution is 0.213. The number of fused-ring (bicyclic) bond motifs is 3. The summed E-state index contributed by atoms with van der Waals surface area (Å²) in [6.45, 7) is 2.31. The van der Waals surface area contributed by atoms with E-state index in [1.54, 1.807) is 11.8 Å². The molecular formula is C26H28N2OS. The number of hydrogen-bond donors (Lipinski definition) is 1. The van der Waals surface area contributed by atoms with Crippen LogP contribution in [0.4, 0.5) is 0 Å². The highest BCUT2D eigenvalue weighted by molar-refractivity contribution is 7.98. The van der Waals surface area contributed by atoms with Crippen LogP contribution in [0, 0.1) is 5.92 Å². The molecule has 1 N–H and O–H groups in total. The third-order valence-corrected chi connectivity index (χ3v) is 7.97. The summed E-state index contributed by atoms with van der Waals surface area (Å²) in [5, 5.41) is 0.713. The Hall–Kier alpha value is -2.33. The van der Waals surface area contributed by atoms with Gasteiger partial charge in [0.1, 0.15) is 0 Å². The van der Waals surface area contributed by atoms with Crippen molar-refractivity contribution in [2.75, 3.05) is 0 Å². The zero-order valence-corrected chi connectivity index (χ0v) is 18.3. The van der Waals surface area contributed by atoms with Crippen LogP contribution in [0.25, 0.3) is 11.3 Å². The molecule has 1 saturated carbocycles. The van der Waals surface area contributed by atoms with Crippen LogP contribution in [0.2, 0.25) is 0 Å². The van der Waals surface area contributed by atoms with Gasteiger partial charge in [0.15, 0.2) is 5.16 Å². The molecule has 154 valence electrons. The number of thioether (sulfide) groups is 1. The molecule has 1 atom stereocenters. The Morgan fingerprint density at radius 1 is 1.03 bits per heavy atom. The summed E-state index contributed by atoms with van der Waals surface area (Å²) in [7, 11) is 0. The highest BCUT2D eigenvalue weighted by Gasteiger charge is 2.44. The van der Waals surface area contributed by atoms with E-state index in [0.29, 0.717) is 11.1 Å². The second-order valence-corrected chi connectivity index (χ2v) is 9.92. The van der Waals surface area contributed by atoms with Gasteiger partial charge in [-0.05, 0) is 36.3 Å². The first kappa shape index (κ1) is 19.6. The average molecular weight is 417 g/mol. The summed E-state index contributed by atoms with van der Waals surface area (Å²) < 4.78 is 0. The van der Waals surface area contributed by atoms with Crippen molar-refractivity contribution >= 4 is 11.8 Å². The molecule has 2 aliphatic rings. The van der Waals surface area contributed by atoms with Gasteiger partial charge in [0.2, 0.25) is 0 Å². The van der Waals surface area contributed by atoms with Crippen LogP contribution in [0.3, 0.4) is 0 Å². The molecule has 1 fully saturated rings. The van der Waals surface area contributed by atoms with Gasteiger partial charge in [0, 0.05) is 16.7 Å². The van der Waals surface area contributed by atoms with E-state index in [-0.39, 0.29) is 11.0 Å². The molecule has 1 unspecified atom stereocenters. The number of rotatable bonds is 4. The normalized spacial score (nSPS) is 21.1. The third kappa shape index (κ3) is 3.51. The fourth-order valence-electron chi connectivity index (χ4n) is 5.45. The standard InChI is InChI=1S/C26H28N2OS/c1-26(20-13-6-3-7-14-20)16-19-12-8-9-15-21(19)23-22(26)24(29)28-25(27-23)30-17-18-10-4-2-5-11-18/h2,4-5,8-12,15,20H,3,6-7,13-14,16-17H2,1H3,(H,27,28,29). The van der Waals surface area contributed by atoms with Crippen molar-refractivity contribution in [2.45, 2.75) is 61.8 Å². The number of H-pyrrole nitrogens is 1. The Balaban J connectivity index is 1.58. The average Bonchev–Trinajstić information content (AvgIpc) is 2.79. The molecule has 1 heterocycles. The molecule has 4 heteroatoms. The van der Waals surface area contributed by atoms with E-state index in [0.717, 1.165) is 29.0 Å². The molecule has 1 aromatic heterocycles. The molecule has 0 saturated heterocycles. The van der Waals surface area contributed by atoms with Gasteiger partial charge in [-0.1, -0.05) is 92.5 Å². The topological polar surface area (TPSA) is 45.8 Å². The lowest BCUT2D eigenvalue weighted by Gasteiger charge is -2.43. The molecule has 3 nitrogen and oxygen atoms in total. The Labute approximate surface area is 182 Å². The first-order valence-electron chi connectivity index (χ1n) is 11.0. The van der Waals surface area contributed by atoms with E-state index in [4.69, 9.17) is 4.98 Å². The van der Waals surface area contributed by atoms with Crippen LogP contribution in [0.1, 0.15) is 55.7 Å². The van der Waals surface area contributed by atoms with E-state index in [9.17, 15) is 4.79 Å². The number of aromatic nitrogens is 2. The molecule has 2 aromatic carbocycles. The number of nitrogens with one attached hydrogen (secondary N) is 1. The molecule has 0 bridgehead atoms. The predicted molar refractivity (Wildman–Crippen MR) is 124 cm³/mol. The maximum absolute atomic E-state index is 13.5. The molecule has 30 heavy (non-hydrogen) atoms. The summed E-state index contributed by atoms with van der Waals surface area (Å²) in [6, 6.07) is 18.9. The Bertz CT molecular complexity index is 1100. The van der Waals surface area contributed by atoms with Crippen LogP contribution in [-0.4, -0.2) is 9.97 Å². The number of benzene rings is 2. The Morgan fingerprint density at radius 3 is 2.57 bits per heavy atom. The monoisotopic (exact) mass is 416 g/mol. The number of nitrogens with zero attached hydrogens (tertiary/aromatic N) is 1. The summed E-state index contributed by atoms with van der Waals surface area (Å²) in [5.41, 5.74) is 5.42. The lowest BCUT2D eigenvalue weighted by atomic mass is 9.60. The first-order valence-corrected chi connectivity index (χ1v) is 12.0. The van der Waals surface area contributed by atoms with Gasteiger partial charge in [-0.3, -0.25) is 4.79 Å². The second-order valence-electron chi connectivity index (χ2n) is 8.96. The molecule has 2 aliphatic carbocycles. The Kier molecular flexibility index (Phi) is 5.28. The third-order valence-electron chi connectivity index (χ3n) is 7.02. The largest absolute Gasteiger partial charge is 0.301 e. The highest BCUT2D eigenvalue weighted by atomic mass is 32.2.